The minimum Gasteiger partial charge on any atom is -0.352 e. The third kappa shape index (κ3) is 8.32. The Labute approximate surface area is 239 Å². The molecule has 0 radical (unpaired) electrons. The summed E-state index contributed by atoms with van der Waals surface area (Å²) in [5.74, 6) is -1.15. The van der Waals surface area contributed by atoms with Gasteiger partial charge in [0.1, 0.15) is 12.6 Å². The van der Waals surface area contributed by atoms with E-state index in [0.717, 1.165) is 17.7 Å². The van der Waals surface area contributed by atoms with Crippen LogP contribution in [0.1, 0.15) is 38.3 Å². The number of halogens is 3. The molecule has 0 aliphatic heterocycles. The highest BCUT2D eigenvalue weighted by Crippen LogP contribution is 2.33. The van der Waals surface area contributed by atoms with Crippen molar-refractivity contribution in [2.75, 3.05) is 17.4 Å². The van der Waals surface area contributed by atoms with Crippen molar-refractivity contribution in [2.45, 2.75) is 56.8 Å². The van der Waals surface area contributed by atoms with Crippen LogP contribution in [-0.2, 0) is 32.2 Å². The van der Waals surface area contributed by atoms with E-state index in [1.807, 2.05) is 44.2 Å². The summed E-state index contributed by atoms with van der Waals surface area (Å²) in [5.41, 5.74) is -0.485. The molecule has 41 heavy (non-hydrogen) atoms. The minimum atomic E-state index is -4.73. The number of hydrogen-bond donors (Lipinski definition) is 1. The molecule has 0 spiro atoms. The zero-order valence-corrected chi connectivity index (χ0v) is 24.0. The third-order valence-electron chi connectivity index (χ3n) is 6.72. The number of sulfonamides is 1. The molecule has 1 N–H and O–H groups in total. The van der Waals surface area contributed by atoms with Crippen LogP contribution in [0.25, 0.3) is 0 Å². The van der Waals surface area contributed by atoms with Gasteiger partial charge in [-0.05, 0) is 62.6 Å². The summed E-state index contributed by atoms with van der Waals surface area (Å²) < 4.78 is 68.7. The van der Waals surface area contributed by atoms with E-state index in [2.05, 4.69) is 5.32 Å². The molecule has 2 amide bonds. The molecule has 0 bridgehead atoms. The number of nitrogens with one attached hydrogen (secondary N) is 1. The predicted octanol–water partition coefficient (Wildman–Crippen LogP) is 5.28. The van der Waals surface area contributed by atoms with Crippen LogP contribution in [0.2, 0.25) is 0 Å². The van der Waals surface area contributed by atoms with Crippen molar-refractivity contribution in [3.05, 3.63) is 96.1 Å². The van der Waals surface area contributed by atoms with Crippen molar-refractivity contribution in [2.24, 2.45) is 0 Å². The number of rotatable bonds is 12. The van der Waals surface area contributed by atoms with E-state index in [-0.39, 0.29) is 23.2 Å². The summed E-state index contributed by atoms with van der Waals surface area (Å²) in [6.07, 6.45) is -3.69. The second-order valence-electron chi connectivity index (χ2n) is 9.69. The van der Waals surface area contributed by atoms with Crippen molar-refractivity contribution in [1.29, 1.82) is 0 Å². The molecular weight excluding hydrogens is 555 g/mol. The van der Waals surface area contributed by atoms with Crippen molar-refractivity contribution in [3.63, 3.8) is 0 Å². The van der Waals surface area contributed by atoms with Crippen LogP contribution in [-0.4, -0.2) is 50.3 Å². The van der Waals surface area contributed by atoms with Gasteiger partial charge in [-0.1, -0.05) is 61.5 Å². The Morgan fingerprint density at radius 3 is 2.10 bits per heavy atom. The van der Waals surface area contributed by atoms with Crippen molar-refractivity contribution in [3.8, 4) is 0 Å². The molecule has 0 unspecified atom stereocenters. The number of nitrogens with zero attached hydrogens (tertiary/aromatic N) is 2. The number of carbonyl (C=O) groups excluding carboxylic acids is 2. The molecule has 0 fully saturated rings. The Bertz CT molecular complexity index is 1420. The lowest BCUT2D eigenvalue weighted by atomic mass is 10.1. The monoisotopic (exact) mass is 589 g/mol. The van der Waals surface area contributed by atoms with Crippen LogP contribution in [0, 0.1) is 0 Å². The number of hydrogen-bond acceptors (Lipinski definition) is 4. The van der Waals surface area contributed by atoms with E-state index in [9.17, 15) is 31.2 Å². The predicted molar refractivity (Wildman–Crippen MR) is 152 cm³/mol. The smallest absolute Gasteiger partial charge is 0.352 e. The molecule has 0 aliphatic carbocycles. The molecule has 0 heterocycles. The van der Waals surface area contributed by atoms with Crippen molar-refractivity contribution >= 4 is 27.5 Å². The molecule has 0 saturated heterocycles. The van der Waals surface area contributed by atoms with Gasteiger partial charge >= 0.3 is 6.18 Å². The fourth-order valence-electron chi connectivity index (χ4n) is 4.12. The summed E-state index contributed by atoms with van der Waals surface area (Å²) in [6, 6.07) is 19.1. The van der Waals surface area contributed by atoms with Crippen LogP contribution in [0.5, 0.6) is 0 Å². The normalized spacial score (nSPS) is 13.2. The van der Waals surface area contributed by atoms with Gasteiger partial charge in [-0.2, -0.15) is 13.2 Å². The van der Waals surface area contributed by atoms with E-state index in [1.165, 1.54) is 35.2 Å². The molecule has 3 rings (SSSR count). The molecule has 220 valence electrons. The molecule has 3 aromatic carbocycles. The first-order valence-electron chi connectivity index (χ1n) is 13.2. The Kier molecular flexibility index (Phi) is 10.6. The molecule has 0 aliphatic rings. The van der Waals surface area contributed by atoms with Crippen LogP contribution in [0.15, 0.2) is 89.8 Å². The van der Waals surface area contributed by atoms with E-state index < -0.39 is 46.2 Å². The highest BCUT2D eigenvalue weighted by Gasteiger charge is 2.35. The van der Waals surface area contributed by atoms with Gasteiger partial charge in [-0.25, -0.2) is 8.42 Å². The quantitative estimate of drug-likeness (QED) is 0.312. The van der Waals surface area contributed by atoms with Gasteiger partial charge in [0.2, 0.25) is 11.8 Å². The largest absolute Gasteiger partial charge is 0.416 e. The Morgan fingerprint density at radius 2 is 1.51 bits per heavy atom. The van der Waals surface area contributed by atoms with Crippen LogP contribution in [0.3, 0.4) is 0 Å². The Morgan fingerprint density at radius 1 is 0.902 bits per heavy atom. The molecule has 3 aromatic rings. The second kappa shape index (κ2) is 13.7. The molecule has 2 atom stereocenters. The standard InChI is InChI=1S/C30H34F3N3O4S/c1-4-22(2)34-29(38)23(3)35(19-18-24-12-7-5-8-13-24)28(37)21-36(41(39,40)27-16-9-6-10-17-27)26-15-11-14-25(20-26)30(31,32)33/h5-17,20,22-23H,4,18-19,21H2,1-3H3,(H,34,38)/t22-,23+/m1/s1. The lowest BCUT2D eigenvalue weighted by Gasteiger charge is -2.32. The lowest BCUT2D eigenvalue weighted by Crippen LogP contribution is -2.53. The number of alkyl halides is 3. The summed E-state index contributed by atoms with van der Waals surface area (Å²) in [7, 11) is -4.46. The van der Waals surface area contributed by atoms with Crippen LogP contribution in [0.4, 0.5) is 18.9 Å². The lowest BCUT2D eigenvalue weighted by molar-refractivity contribution is -0.139. The van der Waals surface area contributed by atoms with Gasteiger partial charge in [0.15, 0.2) is 0 Å². The van der Waals surface area contributed by atoms with E-state index in [0.29, 0.717) is 23.2 Å². The fourth-order valence-corrected chi connectivity index (χ4v) is 5.55. The molecule has 11 heteroatoms. The van der Waals surface area contributed by atoms with Gasteiger partial charge in [0.25, 0.3) is 10.0 Å². The number of carbonyl (C=O) groups is 2. The van der Waals surface area contributed by atoms with Gasteiger partial charge in [-0.3, -0.25) is 13.9 Å². The van der Waals surface area contributed by atoms with Gasteiger partial charge in [0.05, 0.1) is 16.1 Å². The zero-order valence-electron chi connectivity index (χ0n) is 23.1. The molecule has 0 saturated carbocycles. The first-order chi connectivity index (χ1) is 19.3. The zero-order chi connectivity index (χ0) is 30.2. The summed E-state index contributed by atoms with van der Waals surface area (Å²) in [6.45, 7) is 4.53. The third-order valence-corrected chi connectivity index (χ3v) is 8.51. The Balaban J connectivity index is 2.02. The van der Waals surface area contributed by atoms with Gasteiger partial charge < -0.3 is 10.2 Å². The number of benzene rings is 3. The second-order valence-corrected chi connectivity index (χ2v) is 11.6. The SMILES string of the molecule is CC[C@@H](C)NC(=O)[C@H](C)N(CCc1ccccc1)C(=O)CN(c1cccc(C(F)(F)F)c1)S(=O)(=O)c1ccccc1. The van der Waals surface area contributed by atoms with E-state index in [1.54, 1.807) is 13.0 Å². The fraction of sp³-hybridized carbons (Fsp3) is 0.333. The van der Waals surface area contributed by atoms with Gasteiger partial charge in [0, 0.05) is 12.6 Å². The summed E-state index contributed by atoms with van der Waals surface area (Å²) in [5, 5.41) is 2.84. The molecule has 7 nitrogen and oxygen atoms in total. The number of amides is 2. The maximum atomic E-state index is 13.8. The van der Waals surface area contributed by atoms with E-state index >= 15 is 0 Å². The maximum absolute atomic E-state index is 13.8. The topological polar surface area (TPSA) is 86.8 Å². The Hall–Kier alpha value is -3.86. The highest BCUT2D eigenvalue weighted by atomic mass is 32.2. The summed E-state index contributed by atoms with van der Waals surface area (Å²) in [4.78, 5) is 27.9. The minimum absolute atomic E-state index is 0.0831. The molecular formula is C30H34F3N3O4S. The van der Waals surface area contributed by atoms with E-state index in [4.69, 9.17) is 0 Å². The first kappa shape index (κ1) is 31.7. The average molecular weight is 590 g/mol. The number of anilines is 1. The van der Waals surface area contributed by atoms with Crippen LogP contribution >= 0.6 is 0 Å². The van der Waals surface area contributed by atoms with Gasteiger partial charge in [-0.15, -0.1) is 0 Å². The van der Waals surface area contributed by atoms with Crippen molar-refractivity contribution in [1.82, 2.24) is 10.2 Å². The summed E-state index contributed by atoms with van der Waals surface area (Å²) >= 11 is 0. The van der Waals surface area contributed by atoms with Crippen LogP contribution < -0.4 is 9.62 Å². The average Bonchev–Trinajstić information content (AvgIpc) is 2.96. The molecule has 0 aromatic heterocycles. The van der Waals surface area contributed by atoms with Crippen molar-refractivity contribution < 1.29 is 31.2 Å². The highest BCUT2D eigenvalue weighted by molar-refractivity contribution is 7.92. The maximum Gasteiger partial charge on any atom is 0.416 e. The first-order valence-corrected chi connectivity index (χ1v) is 14.7.